The summed E-state index contributed by atoms with van der Waals surface area (Å²) < 4.78 is 11.4. The number of amides is 1. The van der Waals surface area contributed by atoms with E-state index in [1.54, 1.807) is 37.7 Å². The monoisotopic (exact) mass is 395 g/mol. The number of benzene rings is 1. The molecule has 1 aromatic heterocycles. The fraction of sp³-hybridized carbons (Fsp3) is 0.353. The average molecular weight is 396 g/mol. The molecule has 0 fully saturated rings. The lowest BCUT2D eigenvalue weighted by Crippen LogP contribution is -2.38. The Morgan fingerprint density at radius 1 is 1.30 bits per heavy atom. The highest BCUT2D eigenvalue weighted by Crippen LogP contribution is 2.38. The van der Waals surface area contributed by atoms with Crippen LogP contribution in [0.3, 0.4) is 0 Å². The summed E-state index contributed by atoms with van der Waals surface area (Å²) in [5, 5.41) is 2.10. The van der Waals surface area contributed by atoms with Crippen molar-refractivity contribution in [3.63, 3.8) is 0 Å². The number of fused-ring (bicyclic) bond motifs is 1. The largest absolute Gasteiger partial charge is 0.495 e. The number of carbonyl (C=O) groups is 1. The maximum Gasteiger partial charge on any atom is 0.254 e. The van der Waals surface area contributed by atoms with Crippen molar-refractivity contribution in [1.29, 1.82) is 0 Å². The summed E-state index contributed by atoms with van der Waals surface area (Å²) in [7, 11) is 3.16. The van der Waals surface area contributed by atoms with E-state index < -0.39 is 0 Å². The summed E-state index contributed by atoms with van der Waals surface area (Å²) in [6, 6.07) is 5.71. The number of carbonyl (C=O) groups excluding carboxylic acids is 1. The molecule has 1 aliphatic rings. The third kappa shape index (κ3) is 2.85. The molecule has 6 heteroatoms. The topological polar surface area (TPSA) is 38.8 Å². The molecule has 1 atom stereocenters. The van der Waals surface area contributed by atoms with E-state index in [0.717, 1.165) is 13.0 Å². The average Bonchev–Trinajstić information content (AvgIpc) is 3.04. The molecule has 0 saturated heterocycles. The molecule has 0 spiro atoms. The lowest BCUT2D eigenvalue weighted by molar-refractivity contribution is 0.0678. The first kappa shape index (κ1) is 16.3. The molecule has 0 radical (unpaired) electrons. The first-order valence-electron chi connectivity index (χ1n) is 7.35. The van der Waals surface area contributed by atoms with Crippen molar-refractivity contribution >= 4 is 33.2 Å². The van der Waals surface area contributed by atoms with Gasteiger partial charge in [-0.05, 0) is 58.4 Å². The normalized spacial score (nSPS) is 16.9. The van der Waals surface area contributed by atoms with Gasteiger partial charge in [-0.25, -0.2) is 0 Å². The fourth-order valence-corrected chi connectivity index (χ4v) is 4.46. The lowest BCUT2D eigenvalue weighted by Gasteiger charge is -2.34. The molecule has 1 aliphatic heterocycles. The second-order valence-electron chi connectivity index (χ2n) is 5.42. The van der Waals surface area contributed by atoms with E-state index in [1.165, 1.54) is 10.4 Å². The van der Waals surface area contributed by atoms with Gasteiger partial charge in [0.2, 0.25) is 0 Å². The number of hydrogen-bond acceptors (Lipinski definition) is 4. The van der Waals surface area contributed by atoms with Crippen molar-refractivity contribution in [3.8, 4) is 11.5 Å². The quantitative estimate of drug-likeness (QED) is 0.777. The van der Waals surface area contributed by atoms with Crippen molar-refractivity contribution in [1.82, 2.24) is 4.90 Å². The fourth-order valence-electron chi connectivity index (χ4n) is 2.95. The van der Waals surface area contributed by atoms with E-state index in [9.17, 15) is 4.79 Å². The lowest BCUT2D eigenvalue weighted by atomic mass is 10.00. The number of hydrogen-bond donors (Lipinski definition) is 0. The van der Waals surface area contributed by atoms with Crippen LogP contribution in [0.2, 0.25) is 0 Å². The Kier molecular flexibility index (Phi) is 4.64. The van der Waals surface area contributed by atoms with Gasteiger partial charge in [0.05, 0.1) is 20.3 Å². The van der Waals surface area contributed by atoms with Gasteiger partial charge in [-0.3, -0.25) is 4.79 Å². The molecular weight excluding hydrogens is 378 g/mol. The standard InChI is InChI=1S/C17H18BrNO3S/c1-10-12-5-7-23-15(12)4-6-19(10)17(20)11-8-13(21-2)16(18)14(9-11)22-3/h5,7-10H,4,6H2,1-3H3/t10-/m1/s1. The van der Waals surface area contributed by atoms with Gasteiger partial charge < -0.3 is 14.4 Å². The molecule has 2 aromatic rings. The first-order chi connectivity index (χ1) is 11.1. The molecule has 0 N–H and O–H groups in total. The van der Waals surface area contributed by atoms with Crippen molar-refractivity contribution in [2.24, 2.45) is 0 Å². The molecular formula is C17H18BrNO3S. The number of ether oxygens (including phenoxy) is 2. The number of thiophene rings is 1. The Morgan fingerprint density at radius 2 is 1.96 bits per heavy atom. The zero-order valence-corrected chi connectivity index (χ0v) is 15.7. The molecule has 0 unspecified atom stereocenters. The van der Waals surface area contributed by atoms with Crippen molar-refractivity contribution < 1.29 is 14.3 Å². The minimum absolute atomic E-state index is 0.00144. The summed E-state index contributed by atoms with van der Waals surface area (Å²) in [5.74, 6) is 1.18. The van der Waals surface area contributed by atoms with E-state index >= 15 is 0 Å². The molecule has 0 aliphatic carbocycles. The van der Waals surface area contributed by atoms with Crippen LogP contribution in [-0.2, 0) is 6.42 Å². The maximum atomic E-state index is 13.0. The molecule has 1 aromatic carbocycles. The van der Waals surface area contributed by atoms with Crippen LogP contribution in [0.25, 0.3) is 0 Å². The number of methoxy groups -OCH3 is 2. The predicted molar refractivity (Wildman–Crippen MR) is 94.7 cm³/mol. The Hall–Kier alpha value is -1.53. The van der Waals surface area contributed by atoms with Gasteiger partial charge in [0.15, 0.2) is 0 Å². The van der Waals surface area contributed by atoms with Gasteiger partial charge in [0.1, 0.15) is 16.0 Å². The second kappa shape index (κ2) is 6.53. The van der Waals surface area contributed by atoms with E-state index in [0.29, 0.717) is 21.5 Å². The maximum absolute atomic E-state index is 13.0. The molecule has 2 heterocycles. The third-order valence-corrected chi connectivity index (χ3v) is 6.01. The van der Waals surface area contributed by atoms with Gasteiger partial charge >= 0.3 is 0 Å². The second-order valence-corrected chi connectivity index (χ2v) is 7.21. The van der Waals surface area contributed by atoms with Crippen molar-refractivity contribution in [3.05, 3.63) is 44.1 Å². The number of rotatable bonds is 3. The molecule has 1 amide bonds. The predicted octanol–water partition coefficient (Wildman–Crippen LogP) is 4.29. The van der Waals surface area contributed by atoms with Crippen LogP contribution in [0, 0.1) is 0 Å². The Balaban J connectivity index is 1.95. The van der Waals surface area contributed by atoms with Crippen molar-refractivity contribution in [2.45, 2.75) is 19.4 Å². The minimum atomic E-state index is -0.00144. The zero-order valence-electron chi connectivity index (χ0n) is 13.3. The summed E-state index contributed by atoms with van der Waals surface area (Å²) in [6.07, 6.45) is 0.911. The number of halogens is 1. The van der Waals surface area contributed by atoms with E-state index in [1.807, 2.05) is 4.90 Å². The van der Waals surface area contributed by atoms with Gasteiger partial charge in [-0.1, -0.05) is 0 Å². The summed E-state index contributed by atoms with van der Waals surface area (Å²) in [5.41, 5.74) is 1.83. The van der Waals surface area contributed by atoms with Crippen LogP contribution in [-0.4, -0.2) is 31.6 Å². The van der Waals surface area contributed by atoms with Gasteiger partial charge in [0, 0.05) is 17.0 Å². The first-order valence-corrected chi connectivity index (χ1v) is 9.02. The van der Waals surface area contributed by atoms with Crippen LogP contribution in [0.5, 0.6) is 11.5 Å². The Bertz CT molecular complexity index is 718. The van der Waals surface area contributed by atoms with Gasteiger partial charge in [-0.2, -0.15) is 0 Å². The Labute approximate surface area is 148 Å². The third-order valence-electron chi connectivity index (χ3n) is 4.23. The SMILES string of the molecule is COc1cc(C(=O)N2CCc3sccc3[C@H]2C)cc(OC)c1Br. The highest BCUT2D eigenvalue weighted by molar-refractivity contribution is 9.10. The summed E-state index contributed by atoms with van der Waals surface area (Å²) >= 11 is 5.20. The highest BCUT2D eigenvalue weighted by Gasteiger charge is 2.29. The van der Waals surface area contributed by atoms with Crippen LogP contribution in [0.4, 0.5) is 0 Å². The van der Waals surface area contributed by atoms with Crippen LogP contribution < -0.4 is 9.47 Å². The summed E-state index contributed by atoms with van der Waals surface area (Å²) in [6.45, 7) is 2.81. The minimum Gasteiger partial charge on any atom is -0.495 e. The molecule has 4 nitrogen and oxygen atoms in total. The zero-order chi connectivity index (χ0) is 16.6. The highest BCUT2D eigenvalue weighted by atomic mass is 79.9. The van der Waals surface area contributed by atoms with Crippen LogP contribution in [0.1, 0.15) is 33.8 Å². The van der Waals surface area contributed by atoms with Crippen molar-refractivity contribution in [2.75, 3.05) is 20.8 Å². The van der Waals surface area contributed by atoms with Gasteiger partial charge in [0.25, 0.3) is 5.91 Å². The summed E-state index contributed by atoms with van der Waals surface area (Å²) in [4.78, 5) is 16.3. The smallest absolute Gasteiger partial charge is 0.254 e. The van der Waals surface area contributed by atoms with E-state index in [4.69, 9.17) is 9.47 Å². The van der Waals surface area contributed by atoms with E-state index in [-0.39, 0.29) is 11.9 Å². The number of nitrogens with zero attached hydrogens (tertiary/aromatic N) is 1. The van der Waals surface area contributed by atoms with Gasteiger partial charge in [-0.15, -0.1) is 11.3 Å². The Morgan fingerprint density at radius 3 is 2.57 bits per heavy atom. The molecule has 0 bridgehead atoms. The molecule has 3 rings (SSSR count). The van der Waals surface area contributed by atoms with E-state index in [2.05, 4.69) is 34.3 Å². The van der Waals surface area contributed by atoms with Crippen LogP contribution >= 0.6 is 27.3 Å². The molecule has 23 heavy (non-hydrogen) atoms. The molecule has 122 valence electrons. The van der Waals surface area contributed by atoms with Crippen LogP contribution in [0.15, 0.2) is 28.1 Å². The molecule has 0 saturated carbocycles.